The highest BCUT2D eigenvalue weighted by Gasteiger charge is 1.97. The van der Waals surface area contributed by atoms with Crippen LogP contribution in [0.2, 0.25) is 0 Å². The van der Waals surface area contributed by atoms with E-state index in [2.05, 4.69) is 25.3 Å². The second-order valence-corrected chi connectivity index (χ2v) is 2.77. The van der Waals surface area contributed by atoms with E-state index < -0.39 is 0 Å². The molecule has 0 aromatic rings. The minimum atomic E-state index is 0.250. The van der Waals surface area contributed by atoms with Crippen LogP contribution in [-0.4, -0.2) is 11.7 Å². The summed E-state index contributed by atoms with van der Waals surface area (Å²) < 4.78 is 0. The van der Waals surface area contributed by atoms with Gasteiger partial charge in [-0.2, -0.15) is 0 Å². The highest BCUT2D eigenvalue weighted by Crippen LogP contribution is 2.10. The largest absolute Gasteiger partial charge is 0.396 e. The Morgan fingerprint density at radius 2 is 1.62 bits per heavy atom. The summed E-state index contributed by atoms with van der Waals surface area (Å²) in [4.78, 5) is 0. The third kappa shape index (κ3) is 7.29. The van der Waals surface area contributed by atoms with Crippen molar-refractivity contribution in [2.24, 2.45) is 5.92 Å². The standard InChI is InChI=1S/C12H18O/c1-3-5-8-12(9-6-4-2)10-7-11-13/h3-6,8-9,12-13H,1-2,7,10-11H2/b8-5+,9-6+. The molecule has 0 unspecified atom stereocenters. The van der Waals surface area contributed by atoms with Crippen molar-refractivity contribution in [3.8, 4) is 0 Å². The number of hydrogen-bond acceptors (Lipinski definition) is 1. The summed E-state index contributed by atoms with van der Waals surface area (Å²) in [7, 11) is 0. The normalized spacial score (nSPS) is 11.5. The molecule has 0 aromatic heterocycles. The fourth-order valence-corrected chi connectivity index (χ4v) is 1.03. The zero-order valence-corrected chi connectivity index (χ0v) is 8.02. The van der Waals surface area contributed by atoms with Gasteiger partial charge in [0.05, 0.1) is 0 Å². The molecule has 1 nitrogen and oxygen atoms in total. The molecule has 0 fully saturated rings. The summed E-state index contributed by atoms with van der Waals surface area (Å²) in [5, 5.41) is 8.68. The van der Waals surface area contributed by atoms with Crippen molar-refractivity contribution in [1.29, 1.82) is 0 Å². The van der Waals surface area contributed by atoms with E-state index in [0.29, 0.717) is 5.92 Å². The van der Waals surface area contributed by atoms with Crippen molar-refractivity contribution in [3.05, 3.63) is 49.6 Å². The minimum absolute atomic E-state index is 0.250. The molecule has 13 heavy (non-hydrogen) atoms. The molecule has 0 bridgehead atoms. The van der Waals surface area contributed by atoms with Gasteiger partial charge in [0.2, 0.25) is 0 Å². The highest BCUT2D eigenvalue weighted by molar-refractivity contribution is 5.09. The van der Waals surface area contributed by atoms with Crippen molar-refractivity contribution in [2.75, 3.05) is 6.61 Å². The first-order valence-corrected chi connectivity index (χ1v) is 4.54. The monoisotopic (exact) mass is 178 g/mol. The van der Waals surface area contributed by atoms with Crippen molar-refractivity contribution in [1.82, 2.24) is 0 Å². The van der Waals surface area contributed by atoms with Crippen LogP contribution in [0.25, 0.3) is 0 Å². The zero-order valence-electron chi connectivity index (χ0n) is 8.02. The fraction of sp³-hybridized carbons (Fsp3) is 0.333. The minimum Gasteiger partial charge on any atom is -0.396 e. The lowest BCUT2D eigenvalue weighted by Gasteiger charge is -2.04. The first-order valence-electron chi connectivity index (χ1n) is 4.54. The predicted octanol–water partition coefficient (Wildman–Crippen LogP) is 2.86. The Kier molecular flexibility index (Phi) is 8.26. The van der Waals surface area contributed by atoms with Crippen molar-refractivity contribution in [2.45, 2.75) is 12.8 Å². The summed E-state index contributed by atoms with van der Waals surface area (Å²) in [6, 6.07) is 0. The molecule has 0 aliphatic heterocycles. The lowest BCUT2D eigenvalue weighted by atomic mass is 10.0. The number of aliphatic hydroxyl groups excluding tert-OH is 1. The van der Waals surface area contributed by atoms with Gasteiger partial charge in [0.1, 0.15) is 0 Å². The first kappa shape index (κ1) is 11.9. The Labute approximate surface area is 80.8 Å². The maximum Gasteiger partial charge on any atom is 0.0431 e. The number of hydrogen-bond donors (Lipinski definition) is 1. The van der Waals surface area contributed by atoms with Crippen LogP contribution in [0.1, 0.15) is 12.8 Å². The van der Waals surface area contributed by atoms with E-state index >= 15 is 0 Å². The molecule has 0 heterocycles. The maximum absolute atomic E-state index is 8.68. The average Bonchev–Trinajstić information content (AvgIpc) is 2.17. The van der Waals surface area contributed by atoms with Gasteiger partial charge in [0, 0.05) is 6.61 Å². The van der Waals surface area contributed by atoms with Crippen LogP contribution in [0, 0.1) is 5.92 Å². The van der Waals surface area contributed by atoms with Crippen LogP contribution in [0.4, 0.5) is 0 Å². The molecule has 0 aliphatic carbocycles. The van der Waals surface area contributed by atoms with Gasteiger partial charge in [-0.15, -0.1) is 0 Å². The number of allylic oxidation sites excluding steroid dienone is 6. The van der Waals surface area contributed by atoms with Crippen LogP contribution in [0.3, 0.4) is 0 Å². The maximum atomic E-state index is 8.68. The van der Waals surface area contributed by atoms with Crippen LogP contribution in [-0.2, 0) is 0 Å². The second-order valence-electron chi connectivity index (χ2n) is 2.77. The molecule has 1 N–H and O–H groups in total. The van der Waals surface area contributed by atoms with Gasteiger partial charge in [-0.25, -0.2) is 0 Å². The van der Waals surface area contributed by atoms with Crippen molar-refractivity contribution in [3.63, 3.8) is 0 Å². The topological polar surface area (TPSA) is 20.2 Å². The Bertz CT molecular complexity index is 171. The van der Waals surface area contributed by atoms with Crippen LogP contribution in [0.15, 0.2) is 49.6 Å². The van der Waals surface area contributed by atoms with E-state index in [4.69, 9.17) is 5.11 Å². The van der Waals surface area contributed by atoms with Crippen molar-refractivity contribution >= 4 is 0 Å². The van der Waals surface area contributed by atoms with Crippen molar-refractivity contribution < 1.29 is 5.11 Å². The molecule has 0 radical (unpaired) electrons. The number of aliphatic hydroxyl groups is 1. The molecule has 0 rings (SSSR count). The highest BCUT2D eigenvalue weighted by atomic mass is 16.2. The van der Waals surface area contributed by atoms with Crippen LogP contribution < -0.4 is 0 Å². The van der Waals surface area contributed by atoms with E-state index in [-0.39, 0.29) is 6.61 Å². The molecule has 72 valence electrons. The Hall–Kier alpha value is -1.08. The van der Waals surface area contributed by atoms with Crippen LogP contribution in [0.5, 0.6) is 0 Å². The molecule has 0 aliphatic rings. The Morgan fingerprint density at radius 1 is 1.08 bits per heavy atom. The molecule has 1 heteroatoms. The van der Waals surface area contributed by atoms with Gasteiger partial charge >= 0.3 is 0 Å². The smallest absolute Gasteiger partial charge is 0.0431 e. The second kappa shape index (κ2) is 9.01. The van der Waals surface area contributed by atoms with E-state index in [1.807, 2.05) is 12.2 Å². The summed E-state index contributed by atoms with van der Waals surface area (Å²) in [6.45, 7) is 7.48. The van der Waals surface area contributed by atoms with E-state index in [0.717, 1.165) is 12.8 Å². The molecule has 0 spiro atoms. The molecule has 0 aromatic carbocycles. The molecule has 0 atom stereocenters. The summed E-state index contributed by atoms with van der Waals surface area (Å²) in [5.41, 5.74) is 0. The summed E-state index contributed by atoms with van der Waals surface area (Å²) >= 11 is 0. The van der Waals surface area contributed by atoms with Gasteiger partial charge in [-0.3, -0.25) is 0 Å². The van der Waals surface area contributed by atoms with Gasteiger partial charge in [-0.1, -0.05) is 49.6 Å². The quantitative estimate of drug-likeness (QED) is 0.594. The SMILES string of the molecule is C=C/C=C/C(/C=C/C=C)CCCO. The molecule has 0 saturated carbocycles. The van der Waals surface area contributed by atoms with Gasteiger partial charge < -0.3 is 5.11 Å². The zero-order chi connectivity index (χ0) is 9.94. The van der Waals surface area contributed by atoms with Gasteiger partial charge in [-0.05, 0) is 18.8 Å². The van der Waals surface area contributed by atoms with E-state index in [9.17, 15) is 0 Å². The first-order chi connectivity index (χ1) is 6.35. The third-order valence-electron chi connectivity index (χ3n) is 1.68. The Morgan fingerprint density at radius 3 is 2.00 bits per heavy atom. The third-order valence-corrected chi connectivity index (χ3v) is 1.68. The molecule has 0 saturated heterocycles. The number of rotatable bonds is 7. The van der Waals surface area contributed by atoms with E-state index in [1.54, 1.807) is 12.2 Å². The predicted molar refractivity (Wildman–Crippen MR) is 58.5 cm³/mol. The summed E-state index contributed by atoms with van der Waals surface area (Å²) in [6.07, 6.45) is 13.3. The Balaban J connectivity index is 4.00. The lowest BCUT2D eigenvalue weighted by Crippen LogP contribution is -1.94. The fourth-order valence-electron chi connectivity index (χ4n) is 1.03. The lowest BCUT2D eigenvalue weighted by molar-refractivity contribution is 0.281. The summed E-state index contributed by atoms with van der Waals surface area (Å²) in [5.74, 6) is 0.378. The van der Waals surface area contributed by atoms with Gasteiger partial charge in [0.15, 0.2) is 0 Å². The molecular weight excluding hydrogens is 160 g/mol. The van der Waals surface area contributed by atoms with E-state index in [1.165, 1.54) is 0 Å². The molecule has 0 amide bonds. The van der Waals surface area contributed by atoms with Crippen LogP contribution >= 0.6 is 0 Å². The molecular formula is C12H18O. The van der Waals surface area contributed by atoms with Gasteiger partial charge in [0.25, 0.3) is 0 Å². The average molecular weight is 178 g/mol.